The molecule has 0 radical (unpaired) electrons. The van der Waals surface area contributed by atoms with Crippen LogP contribution in [0.4, 0.5) is 4.79 Å². The molecule has 4 heterocycles. The monoisotopic (exact) mass is 661 g/mol. The normalized spacial score (nSPS) is 27.1. The van der Waals surface area contributed by atoms with Crippen molar-refractivity contribution >= 4 is 34.9 Å². The van der Waals surface area contributed by atoms with E-state index in [4.69, 9.17) is 9.47 Å². The number of para-hydroxylation sites is 2. The van der Waals surface area contributed by atoms with Gasteiger partial charge in [-0.15, -0.1) is 10.2 Å². The fraction of sp³-hybridized carbons (Fsp3) is 0.531. The third-order valence-electron chi connectivity index (χ3n) is 8.69. The van der Waals surface area contributed by atoms with Gasteiger partial charge in [-0.2, -0.15) is 5.21 Å². The number of carbonyl (C=O) groups is 4. The van der Waals surface area contributed by atoms with Gasteiger partial charge in [0.2, 0.25) is 23.5 Å². The standard InChI is InChI=1S/C32H39N9O7/c1-31(2,3)48-30(46)35-22-14-8-6-4-5-7-11-18-16-32(18,29(44)45)36-26(42)23-15-19(17-41(23)28(22)43)47-27-24(25-37-39-40-38-25)33-20-12-9-10-13-21(20)34-27/h7,9-13,18-19,22-23H,4-6,8,14-17H2,1-3H3,(H,35,46)(H,36,42)(H,44,45)(H,37,38,39,40)/b11-7-/t18?,19-,22+,23?,32?/m1/s1. The van der Waals surface area contributed by atoms with Crippen molar-refractivity contribution in [1.82, 2.24) is 46.1 Å². The molecule has 1 aromatic carbocycles. The largest absolute Gasteiger partial charge is 0.479 e. The third kappa shape index (κ3) is 7.06. The molecular formula is C32H39N9O7. The molecule has 16 nitrogen and oxygen atoms in total. The summed E-state index contributed by atoms with van der Waals surface area (Å²) in [5.41, 5.74) is -0.937. The number of rotatable bonds is 5. The number of tetrazole rings is 1. The number of nitrogens with one attached hydrogen (secondary N) is 3. The van der Waals surface area contributed by atoms with Gasteiger partial charge >= 0.3 is 12.1 Å². The zero-order valence-corrected chi connectivity index (χ0v) is 27.0. The average molecular weight is 662 g/mol. The molecule has 1 aliphatic carbocycles. The summed E-state index contributed by atoms with van der Waals surface area (Å²) in [5, 5.41) is 29.7. The minimum atomic E-state index is -1.47. The number of amides is 3. The number of carboxylic acids is 1. The second-order valence-electron chi connectivity index (χ2n) is 13.4. The number of alkyl carbamates (subject to hydrolysis) is 1. The minimum absolute atomic E-state index is 0.0210. The summed E-state index contributed by atoms with van der Waals surface area (Å²) in [6, 6.07) is 5.08. The van der Waals surface area contributed by atoms with Crippen LogP contribution in [0.1, 0.15) is 65.7 Å². The maximum atomic E-state index is 14.3. The summed E-state index contributed by atoms with van der Waals surface area (Å²) >= 11 is 0. The number of fused-ring (bicyclic) bond motifs is 3. The molecule has 16 heteroatoms. The van der Waals surface area contributed by atoms with E-state index >= 15 is 0 Å². The number of hydrogen-bond acceptors (Lipinski definition) is 11. The van der Waals surface area contributed by atoms with Crippen molar-refractivity contribution in [3.8, 4) is 17.4 Å². The smallest absolute Gasteiger partial charge is 0.408 e. The highest BCUT2D eigenvalue weighted by Gasteiger charge is 2.61. The minimum Gasteiger partial charge on any atom is -0.479 e. The Kier molecular flexibility index (Phi) is 8.99. The maximum absolute atomic E-state index is 14.3. The molecule has 6 rings (SSSR count). The Hall–Kier alpha value is -5.15. The molecular weight excluding hydrogens is 622 g/mol. The van der Waals surface area contributed by atoms with E-state index in [-0.39, 0.29) is 42.7 Å². The highest BCUT2D eigenvalue weighted by Crippen LogP contribution is 2.45. The summed E-state index contributed by atoms with van der Waals surface area (Å²) < 4.78 is 11.8. The zero-order chi connectivity index (χ0) is 34.1. The molecule has 2 aliphatic heterocycles. The van der Waals surface area contributed by atoms with E-state index in [1.165, 1.54) is 4.90 Å². The number of aliphatic carboxylic acids is 1. The molecule has 0 spiro atoms. The molecule has 5 atom stereocenters. The highest BCUT2D eigenvalue weighted by atomic mass is 16.6. The number of benzene rings is 1. The van der Waals surface area contributed by atoms with E-state index in [0.29, 0.717) is 23.9 Å². The summed E-state index contributed by atoms with van der Waals surface area (Å²) in [7, 11) is 0. The molecule has 254 valence electrons. The van der Waals surface area contributed by atoms with Crippen molar-refractivity contribution < 1.29 is 33.8 Å². The number of carboxylic acid groups (broad SMARTS) is 1. The summed E-state index contributed by atoms with van der Waals surface area (Å²) in [5.74, 6) is -2.41. The number of carbonyl (C=O) groups excluding carboxylic acids is 3. The molecule has 2 aromatic heterocycles. The van der Waals surface area contributed by atoms with Crippen LogP contribution in [0, 0.1) is 5.92 Å². The molecule has 3 unspecified atom stereocenters. The third-order valence-corrected chi connectivity index (χ3v) is 8.69. The van der Waals surface area contributed by atoms with E-state index in [9.17, 15) is 24.3 Å². The summed E-state index contributed by atoms with van der Waals surface area (Å²) in [6.45, 7) is 5.13. The van der Waals surface area contributed by atoms with Gasteiger partial charge in [-0.25, -0.2) is 19.6 Å². The Morgan fingerprint density at radius 1 is 1.10 bits per heavy atom. The quantitative estimate of drug-likeness (QED) is 0.290. The van der Waals surface area contributed by atoms with E-state index in [1.807, 2.05) is 18.2 Å². The van der Waals surface area contributed by atoms with Crippen molar-refractivity contribution in [2.24, 2.45) is 5.92 Å². The molecule has 3 aromatic rings. The Balaban J connectivity index is 1.32. The molecule has 1 saturated heterocycles. The van der Waals surface area contributed by atoms with Gasteiger partial charge in [0.15, 0.2) is 5.69 Å². The lowest BCUT2D eigenvalue weighted by atomic mass is 10.0. The van der Waals surface area contributed by atoms with Crippen molar-refractivity contribution in [2.45, 2.75) is 95.0 Å². The number of hydrogen-bond donors (Lipinski definition) is 4. The van der Waals surface area contributed by atoms with Gasteiger partial charge in [0, 0.05) is 12.3 Å². The van der Waals surface area contributed by atoms with Crippen LogP contribution in [0.3, 0.4) is 0 Å². The Morgan fingerprint density at radius 3 is 2.58 bits per heavy atom. The van der Waals surface area contributed by atoms with E-state index < -0.39 is 53.2 Å². The first-order valence-corrected chi connectivity index (χ1v) is 16.1. The van der Waals surface area contributed by atoms with Crippen LogP contribution in [0.5, 0.6) is 5.88 Å². The van der Waals surface area contributed by atoms with Gasteiger partial charge in [0.25, 0.3) is 0 Å². The van der Waals surface area contributed by atoms with Gasteiger partial charge in [-0.1, -0.05) is 37.1 Å². The van der Waals surface area contributed by atoms with Crippen LogP contribution in [-0.4, -0.2) is 100 Å². The molecule has 1 saturated carbocycles. The molecule has 3 aliphatic rings. The van der Waals surface area contributed by atoms with Gasteiger partial charge in [0.05, 0.1) is 17.6 Å². The summed E-state index contributed by atoms with van der Waals surface area (Å²) in [4.78, 5) is 64.1. The van der Waals surface area contributed by atoms with Crippen molar-refractivity contribution in [3.05, 3.63) is 36.4 Å². The lowest BCUT2D eigenvalue weighted by Crippen LogP contribution is -2.56. The number of ether oxygens (including phenoxy) is 2. The molecule has 0 bridgehead atoms. The maximum Gasteiger partial charge on any atom is 0.408 e. The van der Waals surface area contributed by atoms with Crippen LogP contribution in [0.2, 0.25) is 0 Å². The van der Waals surface area contributed by atoms with E-state index in [1.54, 1.807) is 39.0 Å². The molecule has 48 heavy (non-hydrogen) atoms. The fourth-order valence-electron chi connectivity index (χ4n) is 6.23. The molecule has 2 fully saturated rings. The van der Waals surface area contributed by atoms with Gasteiger partial charge in [0.1, 0.15) is 29.3 Å². The number of aromatic amines is 1. The SMILES string of the molecule is CC(C)(C)OC(=O)N[C@H]1CCCCC/C=C\C2CC2(C(=O)O)NC(=O)C2C[C@@H](Oc3nc4ccccc4nc3-c3nn[nH]n3)CN2C1=O. The first-order valence-electron chi connectivity index (χ1n) is 16.1. The van der Waals surface area contributed by atoms with Gasteiger partial charge < -0.3 is 30.1 Å². The average Bonchev–Trinajstić information content (AvgIpc) is 3.34. The van der Waals surface area contributed by atoms with Crippen molar-refractivity contribution in [3.63, 3.8) is 0 Å². The Morgan fingerprint density at radius 2 is 1.88 bits per heavy atom. The lowest BCUT2D eigenvalue weighted by Gasteiger charge is -2.30. The van der Waals surface area contributed by atoms with Gasteiger partial charge in [-0.05, 0) is 63.8 Å². The predicted molar refractivity (Wildman–Crippen MR) is 169 cm³/mol. The number of H-pyrrole nitrogens is 1. The first-order chi connectivity index (χ1) is 22.9. The molecule has 4 N–H and O–H groups in total. The van der Waals surface area contributed by atoms with Gasteiger partial charge in [-0.3, -0.25) is 9.59 Å². The first kappa shape index (κ1) is 32.8. The number of aromatic nitrogens is 6. The summed E-state index contributed by atoms with van der Waals surface area (Å²) in [6.07, 6.45) is 5.83. The van der Waals surface area contributed by atoms with Crippen LogP contribution >= 0.6 is 0 Å². The van der Waals surface area contributed by atoms with Crippen molar-refractivity contribution in [1.29, 1.82) is 0 Å². The van der Waals surface area contributed by atoms with Crippen LogP contribution in [0.15, 0.2) is 36.4 Å². The van der Waals surface area contributed by atoms with Crippen LogP contribution in [0.25, 0.3) is 22.6 Å². The van der Waals surface area contributed by atoms with Crippen molar-refractivity contribution in [2.75, 3.05) is 6.54 Å². The second kappa shape index (κ2) is 13.2. The topological polar surface area (TPSA) is 215 Å². The Labute approximate surface area is 276 Å². The predicted octanol–water partition coefficient (Wildman–Crippen LogP) is 2.53. The fourth-order valence-corrected chi connectivity index (χ4v) is 6.23. The van der Waals surface area contributed by atoms with E-state index in [2.05, 4.69) is 41.2 Å². The Bertz CT molecular complexity index is 1720. The zero-order valence-electron chi connectivity index (χ0n) is 27.0. The van der Waals surface area contributed by atoms with E-state index in [0.717, 1.165) is 19.3 Å². The molecule has 3 amide bonds. The number of allylic oxidation sites excluding steroid dienone is 1. The second-order valence-corrected chi connectivity index (χ2v) is 13.4. The number of nitrogens with zero attached hydrogens (tertiary/aromatic N) is 6. The lowest BCUT2D eigenvalue weighted by molar-refractivity contribution is -0.145. The van der Waals surface area contributed by atoms with Crippen LogP contribution in [-0.2, 0) is 19.1 Å². The van der Waals surface area contributed by atoms with Crippen LogP contribution < -0.4 is 15.4 Å². The highest BCUT2D eigenvalue weighted by molar-refractivity contribution is 5.96.